The number of nitrogens with two attached hydrogens (primary N) is 1. The highest BCUT2D eigenvalue weighted by atomic mass is 35.5. The fourth-order valence-electron chi connectivity index (χ4n) is 2.82. The first-order valence-corrected chi connectivity index (χ1v) is 9.82. The zero-order chi connectivity index (χ0) is 21.0. The number of rotatable bonds is 7. The number of hydrogen-bond acceptors (Lipinski definition) is 4. The number of hydrogen-bond donors (Lipinski definition) is 2. The van der Waals surface area contributed by atoms with Gasteiger partial charge in [-0.15, -0.1) is 0 Å². The fraction of sp³-hybridized carbons (Fsp3) is 0.421. The van der Waals surface area contributed by atoms with Crippen molar-refractivity contribution in [3.05, 3.63) is 54.6 Å². The lowest BCUT2D eigenvalue weighted by atomic mass is 10.1. The van der Waals surface area contributed by atoms with E-state index in [1.54, 1.807) is 6.07 Å². The van der Waals surface area contributed by atoms with E-state index in [-0.39, 0.29) is 34.6 Å². The van der Waals surface area contributed by atoms with Crippen molar-refractivity contribution in [2.75, 3.05) is 17.2 Å². The van der Waals surface area contributed by atoms with Crippen molar-refractivity contribution in [1.29, 1.82) is 0 Å². The second-order valence-electron chi connectivity index (χ2n) is 6.93. The molecule has 0 aliphatic carbocycles. The summed E-state index contributed by atoms with van der Waals surface area (Å²) in [6.07, 6.45) is 1.43. The van der Waals surface area contributed by atoms with Crippen molar-refractivity contribution in [2.45, 2.75) is 40.2 Å². The van der Waals surface area contributed by atoms with E-state index in [4.69, 9.17) is 28.9 Å². The van der Waals surface area contributed by atoms with Gasteiger partial charge in [-0.1, -0.05) is 50.4 Å². The van der Waals surface area contributed by atoms with Crippen LogP contribution in [0.25, 0.3) is 0 Å². The summed E-state index contributed by atoms with van der Waals surface area (Å²) in [5.74, 6) is -0.414. The van der Waals surface area contributed by atoms with Gasteiger partial charge in [-0.25, -0.2) is 4.79 Å². The molecule has 1 aromatic heterocycles. The Morgan fingerprint density at radius 2 is 1.96 bits per heavy atom. The van der Waals surface area contributed by atoms with Gasteiger partial charge in [0.1, 0.15) is 5.82 Å². The molecule has 0 bridgehead atoms. The van der Waals surface area contributed by atoms with Gasteiger partial charge in [-0.05, 0) is 30.5 Å². The lowest BCUT2D eigenvalue weighted by Gasteiger charge is -2.25. The molecular formula is C19H24Cl2N4O3. The maximum atomic E-state index is 13.2. The standard InChI is InChI=1S/C19H24Cl2N4O3/c1-4-5-8-24(18(27)13-7-6-12(20)9-14(13)21)15-16(22)25(10-11(2)3)19(28)23-17(15)26/h6-7,9,11H,4-5,8,10,22H2,1-3H3,(H,23,26,28). The number of nitrogens with zero attached hydrogens (tertiary/aromatic N) is 2. The van der Waals surface area contributed by atoms with Crippen LogP contribution in [0, 0.1) is 5.92 Å². The molecule has 0 radical (unpaired) electrons. The molecule has 152 valence electrons. The number of carbonyl (C=O) groups is 1. The fourth-order valence-corrected chi connectivity index (χ4v) is 3.31. The molecule has 0 saturated carbocycles. The van der Waals surface area contributed by atoms with Crippen molar-refractivity contribution in [2.24, 2.45) is 5.92 Å². The molecule has 2 aromatic rings. The van der Waals surface area contributed by atoms with Crippen LogP contribution >= 0.6 is 23.2 Å². The van der Waals surface area contributed by atoms with Crippen LogP contribution in [0.1, 0.15) is 44.0 Å². The van der Waals surface area contributed by atoms with Crippen molar-refractivity contribution in [1.82, 2.24) is 9.55 Å². The first kappa shape index (κ1) is 22.0. The molecule has 0 spiro atoms. The van der Waals surface area contributed by atoms with Crippen molar-refractivity contribution in [3.8, 4) is 0 Å². The normalized spacial score (nSPS) is 11.1. The van der Waals surface area contributed by atoms with E-state index in [0.29, 0.717) is 18.0 Å². The Morgan fingerprint density at radius 3 is 2.54 bits per heavy atom. The molecule has 0 aliphatic heterocycles. The summed E-state index contributed by atoms with van der Waals surface area (Å²) in [7, 11) is 0. The molecule has 1 amide bonds. The van der Waals surface area contributed by atoms with Gasteiger partial charge in [0.25, 0.3) is 11.5 Å². The molecule has 0 atom stereocenters. The van der Waals surface area contributed by atoms with Gasteiger partial charge in [0.05, 0.1) is 10.6 Å². The lowest BCUT2D eigenvalue weighted by Crippen LogP contribution is -2.42. The van der Waals surface area contributed by atoms with Crippen LogP contribution in [-0.2, 0) is 6.54 Å². The van der Waals surface area contributed by atoms with Crippen molar-refractivity contribution >= 4 is 40.6 Å². The van der Waals surface area contributed by atoms with E-state index in [1.165, 1.54) is 21.6 Å². The molecule has 28 heavy (non-hydrogen) atoms. The summed E-state index contributed by atoms with van der Waals surface area (Å²) in [6, 6.07) is 4.51. The van der Waals surface area contributed by atoms with E-state index in [2.05, 4.69) is 4.98 Å². The number of halogens is 2. The predicted molar refractivity (Wildman–Crippen MR) is 114 cm³/mol. The Bertz CT molecular complexity index is 982. The topological polar surface area (TPSA) is 101 Å². The number of nitrogen functional groups attached to an aromatic ring is 1. The highest BCUT2D eigenvalue weighted by Crippen LogP contribution is 2.26. The van der Waals surface area contributed by atoms with Crippen LogP contribution in [0.3, 0.4) is 0 Å². The molecule has 1 aromatic carbocycles. The second kappa shape index (κ2) is 9.30. The van der Waals surface area contributed by atoms with Crippen LogP contribution in [-0.4, -0.2) is 22.0 Å². The third kappa shape index (κ3) is 4.77. The van der Waals surface area contributed by atoms with E-state index in [0.717, 1.165) is 6.42 Å². The highest BCUT2D eigenvalue weighted by molar-refractivity contribution is 6.37. The Kier molecular flexibility index (Phi) is 7.32. The molecule has 1 heterocycles. The summed E-state index contributed by atoms with van der Waals surface area (Å²) in [5.41, 5.74) is 5.01. The molecule has 0 unspecified atom stereocenters. The van der Waals surface area contributed by atoms with Crippen LogP contribution in [0.15, 0.2) is 27.8 Å². The predicted octanol–water partition coefficient (Wildman–Crippen LogP) is 3.53. The van der Waals surface area contributed by atoms with Gasteiger partial charge in [0, 0.05) is 18.1 Å². The average molecular weight is 427 g/mol. The summed E-state index contributed by atoms with van der Waals surface area (Å²) in [4.78, 5) is 41.5. The molecule has 2 rings (SSSR count). The number of amides is 1. The number of benzene rings is 1. The quantitative estimate of drug-likeness (QED) is 0.706. The van der Waals surface area contributed by atoms with E-state index in [1.807, 2.05) is 20.8 Å². The minimum absolute atomic E-state index is 0.0445. The Labute approximate surface area is 173 Å². The van der Waals surface area contributed by atoms with Crippen molar-refractivity contribution in [3.63, 3.8) is 0 Å². The first-order valence-electron chi connectivity index (χ1n) is 9.06. The Hall–Kier alpha value is -2.25. The summed E-state index contributed by atoms with van der Waals surface area (Å²) >= 11 is 12.1. The van der Waals surface area contributed by atoms with Gasteiger partial charge < -0.3 is 10.6 Å². The zero-order valence-corrected chi connectivity index (χ0v) is 17.6. The molecule has 3 N–H and O–H groups in total. The van der Waals surface area contributed by atoms with Gasteiger partial charge in [0.2, 0.25) is 0 Å². The number of nitrogens with one attached hydrogen (secondary N) is 1. The second-order valence-corrected chi connectivity index (χ2v) is 7.78. The van der Waals surface area contributed by atoms with E-state index >= 15 is 0 Å². The minimum Gasteiger partial charge on any atom is -0.383 e. The van der Waals surface area contributed by atoms with Crippen molar-refractivity contribution < 1.29 is 4.79 Å². The Balaban J connectivity index is 2.64. The van der Waals surface area contributed by atoms with E-state index < -0.39 is 17.2 Å². The summed E-state index contributed by atoms with van der Waals surface area (Å²) in [6.45, 7) is 6.37. The molecular weight excluding hydrogens is 403 g/mol. The molecule has 0 saturated heterocycles. The number of H-pyrrole nitrogens is 1. The average Bonchev–Trinajstić information content (AvgIpc) is 2.60. The first-order chi connectivity index (χ1) is 13.2. The maximum absolute atomic E-state index is 13.2. The van der Waals surface area contributed by atoms with E-state index in [9.17, 15) is 14.4 Å². The highest BCUT2D eigenvalue weighted by Gasteiger charge is 2.26. The largest absolute Gasteiger partial charge is 0.383 e. The van der Waals surface area contributed by atoms with Gasteiger partial charge >= 0.3 is 5.69 Å². The molecule has 0 aliphatic rings. The van der Waals surface area contributed by atoms with Crippen LogP contribution < -0.4 is 21.9 Å². The molecule has 9 heteroatoms. The Morgan fingerprint density at radius 1 is 1.29 bits per heavy atom. The monoisotopic (exact) mass is 426 g/mol. The smallest absolute Gasteiger partial charge is 0.330 e. The number of anilines is 2. The number of aromatic nitrogens is 2. The third-order valence-electron chi connectivity index (χ3n) is 4.17. The van der Waals surface area contributed by atoms with Crippen LogP contribution in [0.5, 0.6) is 0 Å². The molecule has 7 nitrogen and oxygen atoms in total. The lowest BCUT2D eigenvalue weighted by molar-refractivity contribution is 0.0986. The number of unbranched alkanes of at least 4 members (excludes halogenated alkanes) is 1. The number of aromatic amines is 1. The maximum Gasteiger partial charge on any atom is 0.330 e. The van der Waals surface area contributed by atoms with Crippen LogP contribution in [0.2, 0.25) is 10.0 Å². The summed E-state index contributed by atoms with van der Waals surface area (Å²) < 4.78 is 1.27. The number of carbonyl (C=O) groups excluding carboxylic acids is 1. The van der Waals surface area contributed by atoms with Crippen LogP contribution in [0.4, 0.5) is 11.5 Å². The van der Waals surface area contributed by atoms with Gasteiger partial charge in [-0.3, -0.25) is 19.1 Å². The SMILES string of the molecule is CCCCN(C(=O)c1ccc(Cl)cc1Cl)c1c(N)n(CC(C)C)c(=O)[nH]c1=O. The molecule has 0 fully saturated rings. The van der Waals surface area contributed by atoms with Gasteiger partial charge in [0.15, 0.2) is 5.69 Å². The van der Waals surface area contributed by atoms with Gasteiger partial charge in [-0.2, -0.15) is 0 Å². The third-order valence-corrected chi connectivity index (χ3v) is 4.72. The summed E-state index contributed by atoms with van der Waals surface area (Å²) in [5, 5.41) is 0.564. The minimum atomic E-state index is -0.711. The zero-order valence-electron chi connectivity index (χ0n) is 16.1.